The van der Waals surface area contributed by atoms with E-state index in [1.54, 1.807) is 6.07 Å². The number of fused-ring (bicyclic) bond motifs is 1. The summed E-state index contributed by atoms with van der Waals surface area (Å²) in [4.78, 5) is 4.09. The van der Waals surface area contributed by atoms with Crippen molar-refractivity contribution in [3.8, 4) is 0 Å². The number of halogens is 2. The van der Waals surface area contributed by atoms with Gasteiger partial charge >= 0.3 is 0 Å². The number of benzene rings is 1. The lowest BCUT2D eigenvalue weighted by Crippen LogP contribution is -2.03. The van der Waals surface area contributed by atoms with Crippen molar-refractivity contribution < 1.29 is 13.5 Å². The molecule has 0 atom stereocenters. The number of hydrogen-bond donors (Lipinski definition) is 1. The van der Waals surface area contributed by atoms with Gasteiger partial charge in [0.25, 0.3) is 0 Å². The summed E-state index contributed by atoms with van der Waals surface area (Å²) in [6, 6.07) is 4.41. The number of rotatable bonds is 4. The van der Waals surface area contributed by atoms with Crippen molar-refractivity contribution in [2.45, 2.75) is 13.5 Å². The van der Waals surface area contributed by atoms with Gasteiger partial charge in [0.2, 0.25) is 0 Å². The van der Waals surface area contributed by atoms with Crippen molar-refractivity contribution in [2.75, 3.05) is 19.0 Å². The van der Waals surface area contributed by atoms with Gasteiger partial charge in [0, 0.05) is 24.7 Å². The molecule has 0 aliphatic rings. The minimum Gasteiger partial charge on any atom is -0.385 e. The molecule has 0 amide bonds. The minimum atomic E-state index is -0.926. The summed E-state index contributed by atoms with van der Waals surface area (Å²) in [5.74, 6) is -1.82. The van der Waals surface area contributed by atoms with E-state index < -0.39 is 11.6 Å². The Balaban J connectivity index is 2.68. The van der Waals surface area contributed by atoms with Crippen molar-refractivity contribution in [3.05, 3.63) is 35.5 Å². The number of ether oxygens (including phenoxy) is 1. The van der Waals surface area contributed by atoms with Crippen LogP contribution in [-0.2, 0) is 11.3 Å². The minimum absolute atomic E-state index is 0.0282. The summed E-state index contributed by atoms with van der Waals surface area (Å²) in [7, 11) is 1.53. The topological polar surface area (TPSA) is 34.1 Å². The highest BCUT2D eigenvalue weighted by Crippen LogP contribution is 2.26. The summed E-state index contributed by atoms with van der Waals surface area (Å²) in [5.41, 5.74) is 1.32. The molecule has 0 radical (unpaired) electrons. The van der Waals surface area contributed by atoms with E-state index in [0.29, 0.717) is 17.6 Å². The fraction of sp³-hybridized carbons (Fsp3) is 0.308. The molecule has 2 rings (SSSR count). The molecule has 0 fully saturated rings. The molecule has 5 heteroatoms. The lowest BCUT2D eigenvalue weighted by molar-refractivity contribution is 0.182. The van der Waals surface area contributed by atoms with Gasteiger partial charge in [0.15, 0.2) is 11.6 Å². The van der Waals surface area contributed by atoms with E-state index in [0.717, 1.165) is 11.8 Å². The van der Waals surface area contributed by atoms with Crippen LogP contribution in [0.3, 0.4) is 0 Å². The molecular formula is C13H14F2N2O. The Bertz CT molecular complexity index is 572. The first kappa shape index (κ1) is 12.7. The van der Waals surface area contributed by atoms with Gasteiger partial charge < -0.3 is 10.1 Å². The van der Waals surface area contributed by atoms with Crippen LogP contribution in [0.5, 0.6) is 0 Å². The molecule has 0 aliphatic heterocycles. The van der Waals surface area contributed by atoms with Gasteiger partial charge in [-0.2, -0.15) is 0 Å². The lowest BCUT2D eigenvalue weighted by atomic mass is 10.1. The van der Waals surface area contributed by atoms with E-state index in [2.05, 4.69) is 10.3 Å². The molecule has 0 unspecified atom stereocenters. The maximum atomic E-state index is 13.7. The molecule has 1 heterocycles. The Morgan fingerprint density at radius 3 is 2.78 bits per heavy atom. The third-order valence-electron chi connectivity index (χ3n) is 2.59. The van der Waals surface area contributed by atoms with Crippen LogP contribution in [0.2, 0.25) is 0 Å². The highest BCUT2D eigenvalue weighted by atomic mass is 19.2. The first-order valence-corrected chi connectivity index (χ1v) is 5.67. The molecule has 18 heavy (non-hydrogen) atoms. The lowest BCUT2D eigenvalue weighted by Gasteiger charge is -2.11. The van der Waals surface area contributed by atoms with Crippen LogP contribution >= 0.6 is 0 Å². The zero-order valence-corrected chi connectivity index (χ0v) is 10.3. The molecule has 0 saturated heterocycles. The van der Waals surface area contributed by atoms with Crippen LogP contribution in [0.15, 0.2) is 18.2 Å². The average Bonchev–Trinajstić information content (AvgIpc) is 2.35. The predicted octanol–water partition coefficient (Wildman–Crippen LogP) is 3.09. The smallest absolute Gasteiger partial charge is 0.185 e. The second kappa shape index (κ2) is 5.27. The SMILES string of the molecule is CCNc1cc(COC)nc2c(F)c(F)ccc12. The molecule has 1 aromatic carbocycles. The number of methoxy groups -OCH3 is 1. The van der Waals surface area contributed by atoms with Crippen molar-refractivity contribution in [1.29, 1.82) is 0 Å². The molecule has 1 N–H and O–H groups in total. The molecule has 2 aromatic rings. The number of nitrogens with zero attached hydrogens (tertiary/aromatic N) is 1. The fourth-order valence-corrected chi connectivity index (χ4v) is 1.85. The molecular weight excluding hydrogens is 238 g/mol. The van der Waals surface area contributed by atoms with Crippen LogP contribution in [0.25, 0.3) is 10.9 Å². The zero-order valence-electron chi connectivity index (χ0n) is 10.3. The third kappa shape index (κ3) is 2.26. The molecule has 0 bridgehead atoms. The van der Waals surface area contributed by atoms with Crippen LogP contribution in [0.1, 0.15) is 12.6 Å². The number of anilines is 1. The highest BCUT2D eigenvalue weighted by Gasteiger charge is 2.12. The van der Waals surface area contributed by atoms with Crippen LogP contribution in [0, 0.1) is 11.6 Å². The van der Waals surface area contributed by atoms with E-state index >= 15 is 0 Å². The Hall–Kier alpha value is -1.75. The summed E-state index contributed by atoms with van der Waals surface area (Å²) in [5, 5.41) is 3.68. The summed E-state index contributed by atoms with van der Waals surface area (Å²) in [6.45, 7) is 2.87. The number of aromatic nitrogens is 1. The van der Waals surface area contributed by atoms with E-state index in [1.165, 1.54) is 13.2 Å². The first-order chi connectivity index (χ1) is 8.67. The normalized spacial score (nSPS) is 10.9. The van der Waals surface area contributed by atoms with Crippen LogP contribution < -0.4 is 5.32 Å². The van der Waals surface area contributed by atoms with E-state index in [-0.39, 0.29) is 12.1 Å². The van der Waals surface area contributed by atoms with Crippen molar-refractivity contribution in [3.63, 3.8) is 0 Å². The molecule has 1 aromatic heterocycles. The second-order valence-corrected chi connectivity index (χ2v) is 3.88. The third-order valence-corrected chi connectivity index (χ3v) is 2.59. The quantitative estimate of drug-likeness (QED) is 0.908. The van der Waals surface area contributed by atoms with Crippen molar-refractivity contribution >= 4 is 16.6 Å². The highest BCUT2D eigenvalue weighted by molar-refractivity contribution is 5.91. The number of pyridine rings is 1. The molecule has 96 valence electrons. The zero-order chi connectivity index (χ0) is 13.1. The van der Waals surface area contributed by atoms with Crippen molar-refractivity contribution in [2.24, 2.45) is 0 Å². The standard InChI is InChI=1S/C13H14F2N2O/c1-3-16-11-6-8(7-18-2)17-13-9(11)4-5-10(14)12(13)15/h4-6H,3,7H2,1-2H3,(H,16,17). The van der Waals surface area contributed by atoms with Gasteiger partial charge in [-0.25, -0.2) is 13.8 Å². The van der Waals surface area contributed by atoms with E-state index in [1.807, 2.05) is 6.92 Å². The number of hydrogen-bond acceptors (Lipinski definition) is 3. The van der Waals surface area contributed by atoms with Gasteiger partial charge in [-0.3, -0.25) is 0 Å². The Morgan fingerprint density at radius 2 is 2.11 bits per heavy atom. The summed E-state index contributed by atoms with van der Waals surface area (Å²) < 4.78 is 31.9. The molecule has 3 nitrogen and oxygen atoms in total. The van der Waals surface area contributed by atoms with Gasteiger partial charge in [0.1, 0.15) is 5.52 Å². The maximum Gasteiger partial charge on any atom is 0.185 e. The largest absolute Gasteiger partial charge is 0.385 e. The summed E-state index contributed by atoms with van der Waals surface area (Å²) in [6.07, 6.45) is 0. The number of nitrogens with one attached hydrogen (secondary N) is 1. The Labute approximate surface area is 104 Å². The summed E-state index contributed by atoms with van der Waals surface area (Å²) >= 11 is 0. The van der Waals surface area contributed by atoms with Gasteiger partial charge in [-0.1, -0.05) is 0 Å². The van der Waals surface area contributed by atoms with E-state index in [9.17, 15) is 8.78 Å². The molecule has 0 aliphatic carbocycles. The molecule has 0 spiro atoms. The predicted molar refractivity (Wildman–Crippen MR) is 66.5 cm³/mol. The molecule has 0 saturated carbocycles. The second-order valence-electron chi connectivity index (χ2n) is 3.88. The first-order valence-electron chi connectivity index (χ1n) is 5.67. The fourth-order valence-electron chi connectivity index (χ4n) is 1.85. The van der Waals surface area contributed by atoms with Crippen LogP contribution in [0.4, 0.5) is 14.5 Å². The van der Waals surface area contributed by atoms with E-state index in [4.69, 9.17) is 4.74 Å². The van der Waals surface area contributed by atoms with Gasteiger partial charge in [-0.05, 0) is 25.1 Å². The Kier molecular flexibility index (Phi) is 3.72. The maximum absolute atomic E-state index is 13.7. The van der Waals surface area contributed by atoms with Gasteiger partial charge in [-0.15, -0.1) is 0 Å². The van der Waals surface area contributed by atoms with Gasteiger partial charge in [0.05, 0.1) is 12.3 Å². The average molecular weight is 252 g/mol. The Morgan fingerprint density at radius 1 is 1.33 bits per heavy atom. The van der Waals surface area contributed by atoms with Crippen LogP contribution in [-0.4, -0.2) is 18.6 Å². The monoisotopic (exact) mass is 252 g/mol. The van der Waals surface area contributed by atoms with Crippen molar-refractivity contribution in [1.82, 2.24) is 4.98 Å².